The van der Waals surface area contributed by atoms with E-state index in [2.05, 4.69) is 15.1 Å². The summed E-state index contributed by atoms with van der Waals surface area (Å²) in [6.07, 6.45) is 8.54. The molecule has 4 rings (SSSR count). The van der Waals surface area contributed by atoms with Gasteiger partial charge in [-0.1, -0.05) is 23.8 Å². The van der Waals surface area contributed by atoms with Crippen LogP contribution in [-0.2, 0) is 18.2 Å². The highest BCUT2D eigenvalue weighted by atomic mass is 35.5. The summed E-state index contributed by atoms with van der Waals surface area (Å²) < 4.78 is 44.4. The van der Waals surface area contributed by atoms with Crippen LogP contribution in [-0.4, -0.2) is 32.5 Å². The van der Waals surface area contributed by atoms with E-state index in [1.807, 2.05) is 37.7 Å². The van der Waals surface area contributed by atoms with Crippen molar-refractivity contribution in [3.63, 3.8) is 0 Å². The molecule has 0 saturated carbocycles. The van der Waals surface area contributed by atoms with Crippen LogP contribution in [0.15, 0.2) is 65.4 Å². The third-order valence-corrected chi connectivity index (χ3v) is 5.36. The van der Waals surface area contributed by atoms with Gasteiger partial charge in [-0.05, 0) is 29.7 Å². The number of hydrogen-bond donors (Lipinski definition) is 1. The first-order chi connectivity index (χ1) is 14.8. The highest BCUT2D eigenvalue weighted by molar-refractivity contribution is 6.32. The fourth-order valence-electron chi connectivity index (χ4n) is 3.38. The first-order valence-electron chi connectivity index (χ1n) is 9.70. The fraction of sp³-hybridized carbons (Fsp3) is 0.273. The molecular weight excluding hydrogens is 429 g/mol. The number of halogens is 4. The van der Waals surface area contributed by atoms with Gasteiger partial charge < -0.3 is 9.72 Å². The zero-order valence-corrected chi connectivity index (χ0v) is 17.5. The van der Waals surface area contributed by atoms with Crippen LogP contribution < -0.4 is 0 Å². The second-order valence-corrected chi connectivity index (χ2v) is 7.65. The zero-order chi connectivity index (χ0) is 22.0. The molecule has 0 atom stereocenters. The molecule has 1 aliphatic carbocycles. The number of pyridine rings is 1. The van der Waals surface area contributed by atoms with Crippen LogP contribution in [0.25, 0.3) is 22.2 Å². The number of hydrogen-bond acceptors (Lipinski definition) is 3. The molecule has 0 bridgehead atoms. The minimum Gasteiger partial charge on any atom is -0.492 e. The summed E-state index contributed by atoms with van der Waals surface area (Å²) in [7, 11) is 1.85. The average Bonchev–Trinajstić information content (AvgIpc) is 3.28. The van der Waals surface area contributed by atoms with Gasteiger partial charge >= 0.3 is 6.18 Å². The Morgan fingerprint density at radius 2 is 2.10 bits per heavy atom. The van der Waals surface area contributed by atoms with Crippen LogP contribution in [0, 0.1) is 0 Å². The maximum absolute atomic E-state index is 12.4. The summed E-state index contributed by atoms with van der Waals surface area (Å²) in [5.41, 5.74) is 4.38. The molecule has 1 aliphatic rings. The molecule has 0 unspecified atom stereocenters. The number of aromatic amines is 1. The Kier molecular flexibility index (Phi) is 5.91. The van der Waals surface area contributed by atoms with Crippen molar-refractivity contribution in [2.45, 2.75) is 25.4 Å². The number of aryl methyl sites for hydroxylation is 1. The van der Waals surface area contributed by atoms with Crippen LogP contribution in [0.1, 0.15) is 18.4 Å². The molecule has 3 aromatic heterocycles. The topological polar surface area (TPSA) is 55.7 Å². The Morgan fingerprint density at radius 1 is 1.26 bits per heavy atom. The monoisotopic (exact) mass is 448 g/mol. The first-order valence-corrected chi connectivity index (χ1v) is 10.1. The maximum Gasteiger partial charge on any atom is 0.392 e. The number of allylic oxidation sites excluding steroid dienone is 5. The second kappa shape index (κ2) is 8.63. The third kappa shape index (κ3) is 5.02. The summed E-state index contributed by atoms with van der Waals surface area (Å²) in [4.78, 5) is 7.66. The van der Waals surface area contributed by atoms with Gasteiger partial charge in [-0.25, -0.2) is 4.98 Å². The molecule has 0 amide bonds. The molecule has 0 aliphatic heterocycles. The van der Waals surface area contributed by atoms with Gasteiger partial charge in [0.1, 0.15) is 11.4 Å². The van der Waals surface area contributed by atoms with Gasteiger partial charge in [0.15, 0.2) is 0 Å². The Morgan fingerprint density at radius 3 is 2.84 bits per heavy atom. The number of ether oxygens (including phenoxy) is 1. The van der Waals surface area contributed by atoms with Gasteiger partial charge in [-0.2, -0.15) is 18.3 Å². The minimum absolute atomic E-state index is 0.278. The summed E-state index contributed by atoms with van der Waals surface area (Å²) in [6.45, 7) is -0.468. The van der Waals surface area contributed by atoms with E-state index in [1.165, 1.54) is 0 Å². The van der Waals surface area contributed by atoms with Gasteiger partial charge in [0, 0.05) is 48.6 Å². The quantitative estimate of drug-likeness (QED) is 0.517. The molecule has 31 heavy (non-hydrogen) atoms. The Hall–Kier alpha value is -3.00. The van der Waals surface area contributed by atoms with Crippen molar-refractivity contribution in [3.05, 3.63) is 71.0 Å². The zero-order valence-electron chi connectivity index (χ0n) is 16.7. The molecule has 9 heteroatoms. The van der Waals surface area contributed by atoms with E-state index in [4.69, 9.17) is 16.3 Å². The van der Waals surface area contributed by atoms with Crippen molar-refractivity contribution in [2.24, 2.45) is 7.05 Å². The second-order valence-electron chi connectivity index (χ2n) is 7.27. The summed E-state index contributed by atoms with van der Waals surface area (Å²) >= 11 is 6.52. The molecule has 0 saturated heterocycles. The van der Waals surface area contributed by atoms with Crippen LogP contribution in [0.2, 0.25) is 0 Å². The number of nitrogens with one attached hydrogen (secondary N) is 1. The lowest BCUT2D eigenvalue weighted by Crippen LogP contribution is -2.11. The van der Waals surface area contributed by atoms with Crippen molar-refractivity contribution in [1.82, 2.24) is 19.7 Å². The van der Waals surface area contributed by atoms with Crippen LogP contribution in [0.4, 0.5) is 13.2 Å². The molecule has 162 valence electrons. The van der Waals surface area contributed by atoms with E-state index >= 15 is 0 Å². The number of H-pyrrole nitrogens is 1. The standard InChI is InChI=1S/C22H20ClF3N4O/c1-30-13-17(12-29-30)15-9-18-16(11-28-21(18)27-10-15)8-14-4-2-3-5-19(20(14)23)31-7-6-22(24,25)26/h2,4-5,9-13H,3,6-8H2,1H3,(H,27,28). The van der Waals surface area contributed by atoms with Crippen LogP contribution >= 0.6 is 11.6 Å². The number of aromatic nitrogens is 4. The lowest BCUT2D eigenvalue weighted by atomic mass is 10.0. The van der Waals surface area contributed by atoms with Gasteiger partial charge in [0.2, 0.25) is 0 Å². The lowest BCUT2D eigenvalue weighted by Gasteiger charge is -2.13. The average molecular weight is 449 g/mol. The highest BCUT2D eigenvalue weighted by Gasteiger charge is 2.27. The Bertz CT molecular complexity index is 1190. The van der Waals surface area contributed by atoms with Crippen LogP contribution in [0.3, 0.4) is 0 Å². The molecule has 0 spiro atoms. The fourth-order valence-corrected chi connectivity index (χ4v) is 3.64. The number of fused-ring (bicyclic) bond motifs is 1. The summed E-state index contributed by atoms with van der Waals surface area (Å²) in [5.74, 6) is 0.278. The van der Waals surface area contributed by atoms with E-state index in [-0.39, 0.29) is 5.76 Å². The van der Waals surface area contributed by atoms with E-state index < -0.39 is 19.2 Å². The van der Waals surface area contributed by atoms with Crippen molar-refractivity contribution in [1.29, 1.82) is 0 Å². The van der Waals surface area contributed by atoms with E-state index in [0.29, 0.717) is 17.9 Å². The van der Waals surface area contributed by atoms with Gasteiger partial charge in [-0.3, -0.25) is 4.68 Å². The summed E-state index contributed by atoms with van der Waals surface area (Å²) in [5, 5.41) is 5.47. The molecule has 0 aromatic carbocycles. The lowest BCUT2D eigenvalue weighted by molar-refractivity contribution is -0.142. The predicted molar refractivity (Wildman–Crippen MR) is 113 cm³/mol. The summed E-state index contributed by atoms with van der Waals surface area (Å²) in [6, 6.07) is 2.04. The van der Waals surface area contributed by atoms with Crippen molar-refractivity contribution >= 4 is 22.6 Å². The van der Waals surface area contributed by atoms with Gasteiger partial charge in [0.25, 0.3) is 0 Å². The largest absolute Gasteiger partial charge is 0.492 e. The first kappa shape index (κ1) is 21.2. The van der Waals surface area contributed by atoms with Crippen molar-refractivity contribution in [3.8, 4) is 11.1 Å². The normalized spacial score (nSPS) is 14.8. The van der Waals surface area contributed by atoms with E-state index in [9.17, 15) is 13.2 Å². The number of alkyl halides is 3. The highest BCUT2D eigenvalue weighted by Crippen LogP contribution is 2.31. The molecule has 0 fully saturated rings. The Balaban J connectivity index is 1.59. The molecule has 5 nitrogen and oxygen atoms in total. The van der Waals surface area contributed by atoms with E-state index in [1.54, 1.807) is 23.2 Å². The molecule has 1 N–H and O–H groups in total. The minimum atomic E-state index is -4.27. The SMILES string of the molecule is Cn1cc(-c2cnc3[nH]cc(CC4=C(Cl)C(OCCC(F)(F)F)=CCC=C4)c3c2)cn1. The van der Waals surface area contributed by atoms with Crippen LogP contribution in [0.5, 0.6) is 0 Å². The molecule has 0 radical (unpaired) electrons. The third-order valence-electron chi connectivity index (χ3n) is 4.94. The van der Waals surface area contributed by atoms with Gasteiger partial charge in [-0.15, -0.1) is 0 Å². The molecule has 3 aromatic rings. The number of nitrogens with zero attached hydrogens (tertiary/aromatic N) is 3. The smallest absolute Gasteiger partial charge is 0.392 e. The maximum atomic E-state index is 12.4. The Labute approximate surface area is 181 Å². The number of rotatable bonds is 6. The van der Waals surface area contributed by atoms with Crippen molar-refractivity contribution < 1.29 is 17.9 Å². The molecule has 3 heterocycles. The molecular formula is C22H20ClF3N4O. The predicted octanol–water partition coefficient (Wildman–Crippen LogP) is 5.81. The van der Waals surface area contributed by atoms with E-state index in [0.717, 1.165) is 33.3 Å². The van der Waals surface area contributed by atoms with Gasteiger partial charge in [0.05, 0.1) is 24.3 Å². The van der Waals surface area contributed by atoms with Crippen molar-refractivity contribution in [2.75, 3.05) is 6.61 Å².